The van der Waals surface area contributed by atoms with Crippen LogP contribution in [0.2, 0.25) is 0 Å². The molecule has 30 heavy (non-hydrogen) atoms. The van der Waals surface area contributed by atoms with Gasteiger partial charge in [0.1, 0.15) is 5.84 Å². The van der Waals surface area contributed by atoms with Crippen molar-refractivity contribution in [3.05, 3.63) is 47.3 Å². The third kappa shape index (κ3) is 5.27. The zero-order valence-corrected chi connectivity index (χ0v) is 17.5. The molecule has 8 nitrogen and oxygen atoms in total. The van der Waals surface area contributed by atoms with Crippen LogP contribution in [-0.2, 0) is 9.53 Å². The summed E-state index contributed by atoms with van der Waals surface area (Å²) in [4.78, 5) is 13.7. The Kier molecular flexibility index (Phi) is 7.24. The average molecular weight is 411 g/mol. The van der Waals surface area contributed by atoms with Crippen molar-refractivity contribution in [3.63, 3.8) is 0 Å². The van der Waals surface area contributed by atoms with E-state index in [1.54, 1.807) is 25.1 Å². The summed E-state index contributed by atoms with van der Waals surface area (Å²) in [5, 5.41) is 25.8. The lowest BCUT2D eigenvalue weighted by atomic mass is 10.0. The molecule has 0 spiro atoms. The second-order valence-electron chi connectivity index (χ2n) is 7.54. The summed E-state index contributed by atoms with van der Waals surface area (Å²) in [6, 6.07) is 7.61. The molecule has 1 amide bonds. The van der Waals surface area contributed by atoms with Crippen LogP contribution in [0.1, 0.15) is 18.9 Å². The van der Waals surface area contributed by atoms with Crippen LogP contribution in [0, 0.1) is 16.7 Å². The van der Waals surface area contributed by atoms with Gasteiger partial charge in [-0.1, -0.05) is 12.1 Å². The van der Waals surface area contributed by atoms with Gasteiger partial charge < -0.3 is 31.0 Å². The molecule has 1 aromatic carbocycles. The molecule has 160 valence electrons. The largest absolute Gasteiger partial charge is 0.393 e. The lowest BCUT2D eigenvalue weighted by molar-refractivity contribution is -0.128. The molecule has 0 radical (unpaired) electrons. The number of anilines is 1. The van der Waals surface area contributed by atoms with Gasteiger partial charge in [-0.15, -0.1) is 0 Å². The maximum Gasteiger partial charge on any atom is 0.219 e. The predicted molar refractivity (Wildman–Crippen MR) is 120 cm³/mol. The standard InChI is InChI=1S/C22H30N6O2/c1-15(29)28-8-7-21(26-10-16-13-30-14-16)20(12-28)22(24)27-19-5-3-17(4-6-19)18(9-23)11-25-2/h3-6,9,11,16,23,25-26H,7-8,10,12-14H2,1-2H3,(H2,24,27)/b18-11+,23-9?. The Hall–Kier alpha value is -3.13. The third-order valence-electron chi connectivity index (χ3n) is 5.35. The van der Waals surface area contributed by atoms with E-state index in [9.17, 15) is 4.79 Å². The smallest absolute Gasteiger partial charge is 0.219 e. The molecule has 5 N–H and O–H groups in total. The highest BCUT2D eigenvalue weighted by molar-refractivity contribution is 6.09. The molecule has 3 rings (SSSR count). The number of nitrogens with zero attached hydrogens (tertiary/aromatic N) is 1. The van der Waals surface area contributed by atoms with Crippen LogP contribution in [-0.4, -0.2) is 62.8 Å². The molecule has 0 aromatic heterocycles. The molecule has 0 saturated carbocycles. The predicted octanol–water partition coefficient (Wildman–Crippen LogP) is 2.03. The molecule has 2 aliphatic rings. The van der Waals surface area contributed by atoms with Gasteiger partial charge in [0.05, 0.1) is 19.8 Å². The first-order valence-electron chi connectivity index (χ1n) is 10.1. The Morgan fingerprint density at radius 1 is 1.30 bits per heavy atom. The number of hydrogen-bond acceptors (Lipinski definition) is 6. The molecule has 0 atom stereocenters. The van der Waals surface area contributed by atoms with Crippen molar-refractivity contribution in [1.82, 2.24) is 15.5 Å². The van der Waals surface area contributed by atoms with E-state index in [0.717, 1.165) is 47.9 Å². The van der Waals surface area contributed by atoms with E-state index in [-0.39, 0.29) is 5.91 Å². The molecule has 1 aromatic rings. The Bertz CT molecular complexity index is 855. The Labute approximate surface area is 177 Å². The van der Waals surface area contributed by atoms with Crippen LogP contribution in [0.15, 0.2) is 41.7 Å². The minimum absolute atomic E-state index is 0.0200. The van der Waals surface area contributed by atoms with Crippen molar-refractivity contribution in [2.75, 3.05) is 45.2 Å². The maximum atomic E-state index is 11.9. The third-order valence-corrected chi connectivity index (χ3v) is 5.35. The monoisotopic (exact) mass is 410 g/mol. The summed E-state index contributed by atoms with van der Waals surface area (Å²) in [5.41, 5.74) is 4.32. The van der Waals surface area contributed by atoms with E-state index in [4.69, 9.17) is 15.6 Å². The van der Waals surface area contributed by atoms with E-state index in [1.165, 1.54) is 6.21 Å². The number of amidine groups is 1. The van der Waals surface area contributed by atoms with Crippen molar-refractivity contribution in [3.8, 4) is 0 Å². The topological polar surface area (TPSA) is 113 Å². The molecule has 0 unspecified atom stereocenters. The first-order valence-corrected chi connectivity index (χ1v) is 10.1. The molecule has 2 aliphatic heterocycles. The summed E-state index contributed by atoms with van der Waals surface area (Å²) < 4.78 is 5.24. The zero-order valence-electron chi connectivity index (χ0n) is 17.5. The Morgan fingerprint density at radius 2 is 2.03 bits per heavy atom. The molecule has 0 aliphatic carbocycles. The molecule has 8 heteroatoms. The van der Waals surface area contributed by atoms with Gasteiger partial charge in [-0.2, -0.15) is 0 Å². The van der Waals surface area contributed by atoms with Gasteiger partial charge >= 0.3 is 0 Å². The van der Waals surface area contributed by atoms with Gasteiger partial charge in [0.2, 0.25) is 5.91 Å². The summed E-state index contributed by atoms with van der Waals surface area (Å²) in [5.74, 6) is 0.818. The fourth-order valence-electron chi connectivity index (χ4n) is 3.46. The van der Waals surface area contributed by atoms with Crippen molar-refractivity contribution in [1.29, 1.82) is 10.8 Å². The fraction of sp³-hybridized carbons (Fsp3) is 0.409. The van der Waals surface area contributed by atoms with Crippen molar-refractivity contribution < 1.29 is 9.53 Å². The molecular formula is C22H30N6O2. The number of benzene rings is 1. The number of nitrogens with one attached hydrogen (secondary N) is 5. The van der Waals surface area contributed by atoms with Gasteiger partial charge in [-0.05, 0) is 17.7 Å². The summed E-state index contributed by atoms with van der Waals surface area (Å²) in [6.45, 7) is 5.02. The highest BCUT2D eigenvalue weighted by Crippen LogP contribution is 2.21. The van der Waals surface area contributed by atoms with E-state index in [0.29, 0.717) is 31.3 Å². The minimum atomic E-state index is 0.0200. The van der Waals surface area contributed by atoms with Crippen LogP contribution in [0.5, 0.6) is 0 Å². The lowest BCUT2D eigenvalue weighted by Crippen LogP contribution is -2.43. The Morgan fingerprint density at radius 3 is 2.60 bits per heavy atom. The normalized spacial score (nSPS) is 17.3. The van der Waals surface area contributed by atoms with E-state index in [2.05, 4.69) is 16.0 Å². The summed E-state index contributed by atoms with van der Waals surface area (Å²) >= 11 is 0. The van der Waals surface area contributed by atoms with Gasteiger partial charge in [0.25, 0.3) is 0 Å². The average Bonchev–Trinajstić information content (AvgIpc) is 2.71. The van der Waals surface area contributed by atoms with Gasteiger partial charge in [0, 0.05) is 74.3 Å². The zero-order chi connectivity index (χ0) is 21.5. The van der Waals surface area contributed by atoms with Gasteiger partial charge in [-0.25, -0.2) is 0 Å². The van der Waals surface area contributed by atoms with Crippen LogP contribution >= 0.6 is 0 Å². The molecular weight excluding hydrogens is 380 g/mol. The van der Waals surface area contributed by atoms with Crippen molar-refractivity contribution >= 4 is 29.2 Å². The maximum absolute atomic E-state index is 11.9. The number of carbonyl (C=O) groups excluding carboxylic acids is 1. The SMILES string of the molecule is CN/C=C(\C=N)c1ccc(NC(=N)C2=C(NCC3COC3)CCN(C(C)=O)C2)cc1. The molecule has 2 heterocycles. The van der Waals surface area contributed by atoms with Crippen LogP contribution < -0.4 is 16.0 Å². The number of carbonyl (C=O) groups is 1. The number of allylic oxidation sites excluding steroid dienone is 1. The van der Waals surface area contributed by atoms with E-state index < -0.39 is 0 Å². The highest BCUT2D eigenvalue weighted by atomic mass is 16.5. The van der Waals surface area contributed by atoms with Crippen molar-refractivity contribution in [2.45, 2.75) is 13.3 Å². The first-order chi connectivity index (χ1) is 14.5. The van der Waals surface area contributed by atoms with Gasteiger partial charge in [0.15, 0.2) is 0 Å². The first kappa shape index (κ1) is 21.6. The van der Waals surface area contributed by atoms with Crippen LogP contribution in [0.25, 0.3) is 5.57 Å². The molecule has 1 saturated heterocycles. The second-order valence-corrected chi connectivity index (χ2v) is 7.54. The number of ether oxygens (including phenoxy) is 1. The van der Waals surface area contributed by atoms with Crippen LogP contribution in [0.4, 0.5) is 5.69 Å². The fourth-order valence-corrected chi connectivity index (χ4v) is 3.46. The number of hydrogen-bond donors (Lipinski definition) is 5. The van der Waals surface area contributed by atoms with Gasteiger partial charge in [-0.3, -0.25) is 10.2 Å². The number of amides is 1. The second kappa shape index (κ2) is 10.1. The highest BCUT2D eigenvalue weighted by Gasteiger charge is 2.25. The molecule has 0 bridgehead atoms. The van der Waals surface area contributed by atoms with Crippen molar-refractivity contribution in [2.24, 2.45) is 5.92 Å². The van der Waals surface area contributed by atoms with E-state index >= 15 is 0 Å². The summed E-state index contributed by atoms with van der Waals surface area (Å²) in [7, 11) is 1.80. The van der Waals surface area contributed by atoms with Crippen LogP contribution in [0.3, 0.4) is 0 Å². The molecule has 1 fully saturated rings. The number of rotatable bonds is 8. The lowest BCUT2D eigenvalue weighted by Gasteiger charge is -2.33. The summed E-state index contributed by atoms with van der Waals surface area (Å²) in [6.07, 6.45) is 3.78. The Balaban J connectivity index is 1.73. The quantitative estimate of drug-likeness (QED) is 0.332. The van der Waals surface area contributed by atoms with E-state index in [1.807, 2.05) is 24.3 Å². The minimum Gasteiger partial charge on any atom is -0.393 e.